The van der Waals surface area contributed by atoms with E-state index >= 15 is 0 Å². The predicted octanol–water partition coefficient (Wildman–Crippen LogP) is 3.35. The van der Waals surface area contributed by atoms with Crippen LogP contribution in [0.25, 0.3) is 10.9 Å². The molecule has 0 unspecified atom stereocenters. The van der Waals surface area contributed by atoms with Gasteiger partial charge < -0.3 is 9.64 Å². The molecule has 0 atom stereocenters. The fourth-order valence-corrected chi connectivity index (χ4v) is 2.87. The van der Waals surface area contributed by atoms with Gasteiger partial charge in [0.25, 0.3) is 5.69 Å². The molecule has 8 nitrogen and oxygen atoms in total. The maximum atomic E-state index is 12.3. The summed E-state index contributed by atoms with van der Waals surface area (Å²) in [6, 6.07) is 2.90. The molecule has 9 heteroatoms. The first-order valence-electron chi connectivity index (χ1n) is 7.47. The summed E-state index contributed by atoms with van der Waals surface area (Å²) in [5.41, 5.74) is 0.561. The van der Waals surface area contributed by atoms with E-state index in [9.17, 15) is 14.9 Å². The van der Waals surface area contributed by atoms with Crippen molar-refractivity contribution in [1.82, 2.24) is 14.7 Å². The first kappa shape index (κ1) is 16.5. The van der Waals surface area contributed by atoms with Crippen LogP contribution in [0.1, 0.15) is 26.5 Å². The van der Waals surface area contributed by atoms with E-state index in [0.29, 0.717) is 24.0 Å². The van der Waals surface area contributed by atoms with Crippen LogP contribution in [0.3, 0.4) is 0 Å². The molecule has 0 N–H and O–H groups in total. The number of nitro groups is 1. The van der Waals surface area contributed by atoms with Crippen LogP contribution in [-0.2, 0) is 17.8 Å². The van der Waals surface area contributed by atoms with E-state index < -0.39 is 16.6 Å². The van der Waals surface area contributed by atoms with Crippen LogP contribution in [0, 0.1) is 10.1 Å². The van der Waals surface area contributed by atoms with Crippen molar-refractivity contribution in [2.24, 2.45) is 0 Å². The minimum atomic E-state index is -0.580. The van der Waals surface area contributed by atoms with Gasteiger partial charge in [-0.25, -0.2) is 4.79 Å². The number of carbonyl (C=O) groups is 1. The molecule has 0 saturated heterocycles. The molecule has 1 aromatic carbocycles. The number of halogens is 1. The molecule has 128 valence electrons. The number of nitro benzene ring substituents is 1. The van der Waals surface area contributed by atoms with Crippen LogP contribution in [-0.4, -0.2) is 37.8 Å². The maximum absolute atomic E-state index is 12.3. The summed E-state index contributed by atoms with van der Waals surface area (Å²) >= 11 is 5.94. The number of hydrogen-bond donors (Lipinski definition) is 0. The number of ether oxygens (including phenoxy) is 1. The monoisotopic (exact) mass is 352 g/mol. The molecule has 2 heterocycles. The summed E-state index contributed by atoms with van der Waals surface area (Å²) in [5.74, 6) is 0. The maximum Gasteiger partial charge on any atom is 0.410 e. The van der Waals surface area contributed by atoms with E-state index in [1.807, 2.05) is 0 Å². The van der Waals surface area contributed by atoms with Crippen LogP contribution < -0.4 is 0 Å². The summed E-state index contributed by atoms with van der Waals surface area (Å²) in [6.07, 6.45) is -0.411. The normalized spacial score (nSPS) is 14.6. The molecule has 0 radical (unpaired) electrons. The molecule has 0 bridgehead atoms. The molecule has 0 fully saturated rings. The van der Waals surface area contributed by atoms with Crippen molar-refractivity contribution in [1.29, 1.82) is 0 Å². The first-order chi connectivity index (χ1) is 11.2. The highest BCUT2D eigenvalue weighted by Crippen LogP contribution is 2.32. The van der Waals surface area contributed by atoms with Gasteiger partial charge in [0.05, 0.1) is 29.2 Å². The van der Waals surface area contributed by atoms with E-state index in [1.54, 1.807) is 30.4 Å². The fraction of sp³-hybridized carbons (Fsp3) is 0.467. The molecule has 1 aromatic heterocycles. The lowest BCUT2D eigenvalue weighted by Crippen LogP contribution is -2.41. The summed E-state index contributed by atoms with van der Waals surface area (Å²) in [6.45, 7) is 6.66. The van der Waals surface area contributed by atoms with Gasteiger partial charge in [0.15, 0.2) is 0 Å². The smallest absolute Gasteiger partial charge is 0.410 e. The summed E-state index contributed by atoms with van der Waals surface area (Å²) in [5, 5.41) is 16.2. The van der Waals surface area contributed by atoms with Gasteiger partial charge >= 0.3 is 6.09 Å². The Balaban J connectivity index is 1.97. The second-order valence-electron chi connectivity index (χ2n) is 6.65. The number of fused-ring (bicyclic) bond motifs is 3. The molecule has 1 amide bonds. The lowest BCUT2D eigenvalue weighted by atomic mass is 10.1. The molecule has 2 aromatic rings. The lowest BCUT2D eigenvalue weighted by molar-refractivity contribution is -0.384. The van der Waals surface area contributed by atoms with Crippen LogP contribution in [0.15, 0.2) is 12.1 Å². The summed E-state index contributed by atoms with van der Waals surface area (Å²) in [4.78, 5) is 24.4. The zero-order valence-electron chi connectivity index (χ0n) is 13.6. The number of nitrogens with zero attached hydrogens (tertiary/aromatic N) is 4. The van der Waals surface area contributed by atoms with Crippen molar-refractivity contribution in [3.63, 3.8) is 0 Å². The zero-order chi connectivity index (χ0) is 17.6. The van der Waals surface area contributed by atoms with Crippen LogP contribution >= 0.6 is 11.6 Å². The van der Waals surface area contributed by atoms with E-state index in [1.165, 1.54) is 12.1 Å². The SMILES string of the molecule is CC(C)(C)OC(=O)N1CCn2nc3cc(Cl)c([N+](=O)[O-])cc3c2C1. The van der Waals surface area contributed by atoms with Gasteiger partial charge in [-0.2, -0.15) is 5.10 Å². The van der Waals surface area contributed by atoms with E-state index in [-0.39, 0.29) is 17.3 Å². The highest BCUT2D eigenvalue weighted by molar-refractivity contribution is 6.33. The number of carbonyl (C=O) groups excluding carboxylic acids is 1. The quantitative estimate of drug-likeness (QED) is 0.579. The number of rotatable bonds is 1. The second-order valence-corrected chi connectivity index (χ2v) is 7.06. The Morgan fingerprint density at radius 1 is 1.38 bits per heavy atom. The summed E-state index contributed by atoms with van der Waals surface area (Å²) in [7, 11) is 0. The number of amides is 1. The van der Waals surface area contributed by atoms with Crippen molar-refractivity contribution in [3.05, 3.63) is 33.0 Å². The minimum Gasteiger partial charge on any atom is -0.444 e. The highest BCUT2D eigenvalue weighted by Gasteiger charge is 2.28. The van der Waals surface area contributed by atoms with E-state index in [4.69, 9.17) is 16.3 Å². The van der Waals surface area contributed by atoms with Crippen molar-refractivity contribution >= 4 is 34.3 Å². The van der Waals surface area contributed by atoms with Crippen molar-refractivity contribution in [2.75, 3.05) is 6.54 Å². The topological polar surface area (TPSA) is 90.5 Å². The number of aromatic nitrogens is 2. The molecule has 0 aliphatic carbocycles. The minimum absolute atomic E-state index is 0.0481. The third-order valence-corrected chi connectivity index (χ3v) is 3.99. The average Bonchev–Trinajstić information content (AvgIpc) is 2.80. The van der Waals surface area contributed by atoms with Gasteiger partial charge in [0.1, 0.15) is 10.6 Å². The Kier molecular flexibility index (Phi) is 3.87. The Morgan fingerprint density at radius 3 is 2.71 bits per heavy atom. The standard InChI is InChI=1S/C15H17ClN4O4/c1-15(2,3)24-14(21)18-4-5-19-13(8-18)9-6-12(20(22)23)10(16)7-11(9)17-19/h6-7H,4-5,8H2,1-3H3. The van der Waals surface area contributed by atoms with Crippen molar-refractivity contribution in [3.8, 4) is 0 Å². The molecule has 1 aliphatic heterocycles. The average molecular weight is 353 g/mol. The van der Waals surface area contributed by atoms with Crippen molar-refractivity contribution < 1.29 is 14.5 Å². The first-order valence-corrected chi connectivity index (χ1v) is 7.85. The molecular weight excluding hydrogens is 336 g/mol. The Labute approximate surface area is 143 Å². The molecule has 0 saturated carbocycles. The Hall–Kier alpha value is -2.35. The van der Waals surface area contributed by atoms with Gasteiger partial charge in [-0.05, 0) is 26.8 Å². The number of hydrogen-bond acceptors (Lipinski definition) is 5. The molecule has 3 rings (SSSR count). The van der Waals surface area contributed by atoms with Gasteiger partial charge in [-0.15, -0.1) is 0 Å². The van der Waals surface area contributed by atoms with Gasteiger partial charge in [-0.1, -0.05) is 11.6 Å². The zero-order valence-corrected chi connectivity index (χ0v) is 14.3. The fourth-order valence-electron chi connectivity index (χ4n) is 2.64. The third-order valence-electron chi connectivity index (χ3n) is 3.69. The third kappa shape index (κ3) is 3.01. The molecular formula is C15H17ClN4O4. The molecule has 0 spiro atoms. The number of benzene rings is 1. The molecule has 1 aliphatic rings. The second kappa shape index (κ2) is 5.62. The lowest BCUT2D eigenvalue weighted by Gasteiger charge is -2.30. The van der Waals surface area contributed by atoms with Crippen LogP contribution in [0.2, 0.25) is 5.02 Å². The van der Waals surface area contributed by atoms with Gasteiger partial charge in [0.2, 0.25) is 0 Å². The van der Waals surface area contributed by atoms with Crippen molar-refractivity contribution in [2.45, 2.75) is 39.5 Å². The van der Waals surface area contributed by atoms with E-state index in [0.717, 1.165) is 5.69 Å². The van der Waals surface area contributed by atoms with E-state index in [2.05, 4.69) is 5.10 Å². The largest absolute Gasteiger partial charge is 0.444 e. The summed E-state index contributed by atoms with van der Waals surface area (Å²) < 4.78 is 7.15. The predicted molar refractivity (Wildman–Crippen MR) is 88.0 cm³/mol. The van der Waals surface area contributed by atoms with Crippen LogP contribution in [0.5, 0.6) is 0 Å². The van der Waals surface area contributed by atoms with Gasteiger partial charge in [-0.3, -0.25) is 14.8 Å². The molecule has 24 heavy (non-hydrogen) atoms. The Morgan fingerprint density at radius 2 is 2.08 bits per heavy atom. The Bertz CT molecular complexity index is 840. The van der Waals surface area contributed by atoms with Gasteiger partial charge in [0, 0.05) is 18.0 Å². The van der Waals surface area contributed by atoms with Crippen LogP contribution in [0.4, 0.5) is 10.5 Å². The highest BCUT2D eigenvalue weighted by atomic mass is 35.5.